The maximum Gasteiger partial charge on any atom is 0.137 e. The normalized spacial score (nSPS) is 23.7. The number of methoxy groups -OCH3 is 1. The van der Waals surface area contributed by atoms with Crippen molar-refractivity contribution in [3.05, 3.63) is 21.3 Å². The van der Waals surface area contributed by atoms with Crippen molar-refractivity contribution >= 4 is 28.8 Å². The number of rotatable bonds is 3. The van der Waals surface area contributed by atoms with E-state index < -0.39 is 0 Å². The molecule has 3 nitrogen and oxygen atoms in total. The van der Waals surface area contributed by atoms with Gasteiger partial charge in [0, 0.05) is 11.8 Å². The molecule has 1 aliphatic rings. The summed E-state index contributed by atoms with van der Waals surface area (Å²) in [5.74, 6) is 1.67. The minimum Gasteiger partial charge on any atom is -0.506 e. The molecule has 2 unspecified atom stereocenters. The fourth-order valence-corrected chi connectivity index (χ4v) is 3.12. The van der Waals surface area contributed by atoms with Crippen LogP contribution in [0.1, 0.15) is 38.2 Å². The molecule has 1 saturated carbocycles. The van der Waals surface area contributed by atoms with Gasteiger partial charge in [-0.25, -0.2) is 0 Å². The highest BCUT2D eigenvalue weighted by Gasteiger charge is 2.19. The van der Waals surface area contributed by atoms with Crippen molar-refractivity contribution in [2.24, 2.45) is 10.9 Å². The Morgan fingerprint density at radius 3 is 2.79 bits per heavy atom. The Morgan fingerprint density at radius 1 is 1.37 bits per heavy atom. The molecule has 0 amide bonds. The van der Waals surface area contributed by atoms with Crippen LogP contribution in [0, 0.1) is 9.49 Å². The SMILES string of the molecule is COc1cc(I)c(O)c(C=NC2CCCCC2C)c1. The molecule has 0 aromatic heterocycles. The van der Waals surface area contributed by atoms with Gasteiger partial charge in [-0.2, -0.15) is 0 Å². The first-order valence-corrected chi connectivity index (χ1v) is 7.79. The van der Waals surface area contributed by atoms with E-state index in [0.717, 1.165) is 21.3 Å². The molecular weight excluding hydrogens is 353 g/mol. The maximum atomic E-state index is 10.1. The lowest BCUT2D eigenvalue weighted by Crippen LogP contribution is -2.20. The van der Waals surface area contributed by atoms with Gasteiger partial charge in [0.25, 0.3) is 0 Å². The summed E-state index contributed by atoms with van der Waals surface area (Å²) in [6, 6.07) is 4.03. The summed E-state index contributed by atoms with van der Waals surface area (Å²) in [5, 5.41) is 10.1. The van der Waals surface area contributed by atoms with Crippen molar-refractivity contribution in [3.63, 3.8) is 0 Å². The van der Waals surface area contributed by atoms with E-state index in [4.69, 9.17) is 4.74 Å². The Balaban J connectivity index is 2.19. The van der Waals surface area contributed by atoms with Crippen molar-refractivity contribution in [2.75, 3.05) is 7.11 Å². The molecule has 1 fully saturated rings. The molecule has 1 N–H and O–H groups in total. The van der Waals surface area contributed by atoms with Crippen molar-refractivity contribution in [1.29, 1.82) is 0 Å². The number of phenols is 1. The van der Waals surface area contributed by atoms with Gasteiger partial charge in [-0.3, -0.25) is 4.99 Å². The molecule has 104 valence electrons. The van der Waals surface area contributed by atoms with Crippen LogP contribution in [0.3, 0.4) is 0 Å². The Bertz CT molecular complexity index is 473. The number of hydrogen-bond acceptors (Lipinski definition) is 3. The van der Waals surface area contributed by atoms with Crippen LogP contribution in [-0.4, -0.2) is 24.5 Å². The standard InChI is InChI=1S/C15H20INO2/c1-10-5-3-4-6-14(10)17-9-11-7-12(19-2)8-13(16)15(11)18/h7-10,14,18H,3-6H2,1-2H3. The second-order valence-corrected chi connectivity index (χ2v) is 6.32. The number of nitrogens with zero attached hydrogens (tertiary/aromatic N) is 1. The smallest absolute Gasteiger partial charge is 0.137 e. The highest BCUT2D eigenvalue weighted by atomic mass is 127. The summed E-state index contributed by atoms with van der Waals surface area (Å²) in [6.07, 6.45) is 6.78. The minimum atomic E-state index is 0.286. The van der Waals surface area contributed by atoms with Crippen LogP contribution >= 0.6 is 22.6 Å². The Labute approximate surface area is 128 Å². The molecule has 0 heterocycles. The molecule has 4 heteroatoms. The van der Waals surface area contributed by atoms with Gasteiger partial charge in [0.05, 0.1) is 16.7 Å². The van der Waals surface area contributed by atoms with Crippen molar-refractivity contribution in [2.45, 2.75) is 38.6 Å². The lowest BCUT2D eigenvalue weighted by molar-refractivity contribution is 0.333. The zero-order chi connectivity index (χ0) is 13.8. The molecule has 0 bridgehead atoms. The van der Waals surface area contributed by atoms with E-state index in [9.17, 15) is 5.11 Å². The minimum absolute atomic E-state index is 0.286. The molecule has 1 aromatic carbocycles. The summed E-state index contributed by atoms with van der Waals surface area (Å²) in [4.78, 5) is 4.67. The second-order valence-electron chi connectivity index (χ2n) is 5.15. The van der Waals surface area contributed by atoms with E-state index in [0.29, 0.717) is 12.0 Å². The fourth-order valence-electron chi connectivity index (χ4n) is 2.50. The van der Waals surface area contributed by atoms with Gasteiger partial charge in [-0.1, -0.05) is 19.8 Å². The first-order valence-electron chi connectivity index (χ1n) is 6.71. The molecular formula is C15H20INO2. The zero-order valence-electron chi connectivity index (χ0n) is 11.4. The highest BCUT2D eigenvalue weighted by molar-refractivity contribution is 14.1. The quantitative estimate of drug-likeness (QED) is 0.643. The second kappa shape index (κ2) is 6.59. The third-order valence-electron chi connectivity index (χ3n) is 3.77. The number of aliphatic imine (C=N–C) groups is 1. The van der Waals surface area contributed by atoms with Crippen LogP contribution in [0.25, 0.3) is 0 Å². The molecule has 2 rings (SSSR count). The first-order chi connectivity index (χ1) is 9.11. The monoisotopic (exact) mass is 373 g/mol. The first kappa shape index (κ1) is 14.6. The lowest BCUT2D eigenvalue weighted by atomic mass is 9.86. The van der Waals surface area contributed by atoms with E-state index in [-0.39, 0.29) is 5.75 Å². The topological polar surface area (TPSA) is 41.8 Å². The predicted molar refractivity (Wildman–Crippen MR) is 86.4 cm³/mol. The van der Waals surface area contributed by atoms with Crippen LogP contribution in [0.15, 0.2) is 17.1 Å². The summed E-state index contributed by atoms with van der Waals surface area (Å²) in [7, 11) is 1.63. The number of hydrogen-bond donors (Lipinski definition) is 1. The van der Waals surface area contributed by atoms with Crippen LogP contribution < -0.4 is 4.74 Å². The van der Waals surface area contributed by atoms with Crippen molar-refractivity contribution in [3.8, 4) is 11.5 Å². The molecule has 0 spiro atoms. The van der Waals surface area contributed by atoms with Gasteiger partial charge < -0.3 is 9.84 Å². The Kier molecular flexibility index (Phi) is 5.07. The molecule has 1 aromatic rings. The van der Waals surface area contributed by atoms with E-state index in [1.807, 2.05) is 12.1 Å². The summed E-state index contributed by atoms with van der Waals surface area (Å²) in [5.41, 5.74) is 0.738. The van der Waals surface area contributed by atoms with E-state index in [1.165, 1.54) is 19.3 Å². The number of benzene rings is 1. The van der Waals surface area contributed by atoms with Crippen molar-refractivity contribution < 1.29 is 9.84 Å². The summed E-state index contributed by atoms with van der Waals surface area (Å²) in [6.45, 7) is 2.26. The Morgan fingerprint density at radius 2 is 2.11 bits per heavy atom. The van der Waals surface area contributed by atoms with Gasteiger partial charge in [0.15, 0.2) is 0 Å². The average Bonchev–Trinajstić information content (AvgIpc) is 2.42. The van der Waals surface area contributed by atoms with Gasteiger partial charge in [-0.15, -0.1) is 0 Å². The summed E-state index contributed by atoms with van der Waals surface area (Å²) >= 11 is 2.11. The molecule has 0 saturated heterocycles. The van der Waals surface area contributed by atoms with Gasteiger partial charge in [-0.05, 0) is 53.5 Å². The predicted octanol–water partition coefficient (Wildman–Crippen LogP) is 4.00. The average molecular weight is 373 g/mol. The van der Waals surface area contributed by atoms with Gasteiger partial charge in [0.1, 0.15) is 11.5 Å². The van der Waals surface area contributed by atoms with Crippen LogP contribution in [0.2, 0.25) is 0 Å². The molecule has 0 radical (unpaired) electrons. The molecule has 1 aliphatic carbocycles. The van der Waals surface area contributed by atoms with Gasteiger partial charge >= 0.3 is 0 Å². The number of aromatic hydroxyl groups is 1. The van der Waals surface area contributed by atoms with E-state index in [1.54, 1.807) is 13.3 Å². The molecule has 0 aliphatic heterocycles. The molecule has 19 heavy (non-hydrogen) atoms. The number of phenolic OH excluding ortho intramolecular Hbond substituents is 1. The summed E-state index contributed by atoms with van der Waals surface area (Å²) < 4.78 is 6.01. The van der Waals surface area contributed by atoms with Crippen LogP contribution in [-0.2, 0) is 0 Å². The fraction of sp³-hybridized carbons (Fsp3) is 0.533. The van der Waals surface area contributed by atoms with Gasteiger partial charge in [0.2, 0.25) is 0 Å². The Hall–Kier alpha value is -0.780. The van der Waals surface area contributed by atoms with Crippen LogP contribution in [0.5, 0.6) is 11.5 Å². The third-order valence-corrected chi connectivity index (χ3v) is 4.60. The number of halogens is 1. The van der Waals surface area contributed by atoms with E-state index in [2.05, 4.69) is 34.5 Å². The molecule has 2 atom stereocenters. The largest absolute Gasteiger partial charge is 0.506 e. The highest BCUT2D eigenvalue weighted by Crippen LogP contribution is 2.30. The maximum absolute atomic E-state index is 10.1. The third kappa shape index (κ3) is 3.61. The number of ether oxygens (including phenoxy) is 1. The lowest BCUT2D eigenvalue weighted by Gasteiger charge is -2.25. The van der Waals surface area contributed by atoms with Crippen molar-refractivity contribution in [1.82, 2.24) is 0 Å². The zero-order valence-corrected chi connectivity index (χ0v) is 13.6. The van der Waals surface area contributed by atoms with Crippen LogP contribution in [0.4, 0.5) is 0 Å². The van der Waals surface area contributed by atoms with E-state index >= 15 is 0 Å².